The monoisotopic (exact) mass is 467 g/mol. The molecule has 172 valence electrons. The van der Waals surface area contributed by atoms with E-state index in [-0.39, 0.29) is 22.5 Å². The standard InChI is InChI=1S/C23H25ClF3N3O2/c1-13-10-15(12-17(11-13)23(25,26)27)6-7-22(8-9-22)30-20(28)18(24)19(21(31)32-3)29-14(2)16-4-5-16/h6-7,10-12,16,30H,2,4-5,8-9,28H2,1,3H3/b7-6+,20-18-,29-19+. The number of aryl methyl sites for hydroxylation is 1. The van der Waals surface area contributed by atoms with Crippen LogP contribution in [-0.4, -0.2) is 24.3 Å². The number of allylic oxidation sites excluding steroid dienone is 1. The molecule has 0 bridgehead atoms. The van der Waals surface area contributed by atoms with E-state index in [9.17, 15) is 18.0 Å². The molecule has 0 aliphatic heterocycles. The molecule has 0 amide bonds. The number of carbonyl (C=O) groups excluding carboxylic acids is 1. The van der Waals surface area contributed by atoms with Crippen LogP contribution in [0.3, 0.4) is 0 Å². The number of nitrogens with one attached hydrogen (secondary N) is 1. The molecule has 1 aromatic rings. The van der Waals surface area contributed by atoms with Crippen molar-refractivity contribution in [1.82, 2.24) is 5.32 Å². The summed E-state index contributed by atoms with van der Waals surface area (Å²) in [6, 6.07) is 3.86. The molecule has 0 aromatic heterocycles. The van der Waals surface area contributed by atoms with E-state index < -0.39 is 23.2 Å². The van der Waals surface area contributed by atoms with Gasteiger partial charge < -0.3 is 15.8 Å². The lowest BCUT2D eigenvalue weighted by Gasteiger charge is -2.17. The van der Waals surface area contributed by atoms with E-state index in [0.717, 1.165) is 25.0 Å². The lowest BCUT2D eigenvalue weighted by atomic mass is 10.0. The number of aliphatic imine (C=N–C) groups is 1. The van der Waals surface area contributed by atoms with Gasteiger partial charge in [-0.2, -0.15) is 13.2 Å². The Kier molecular flexibility index (Phi) is 6.74. The highest BCUT2D eigenvalue weighted by Crippen LogP contribution is 2.39. The van der Waals surface area contributed by atoms with Gasteiger partial charge in [-0.3, -0.25) is 0 Å². The van der Waals surface area contributed by atoms with Crippen molar-refractivity contribution in [3.05, 3.63) is 64.1 Å². The fourth-order valence-electron chi connectivity index (χ4n) is 3.18. The van der Waals surface area contributed by atoms with E-state index in [1.807, 2.05) is 0 Å². The summed E-state index contributed by atoms with van der Waals surface area (Å²) in [6.07, 6.45) is 2.27. The predicted molar refractivity (Wildman–Crippen MR) is 119 cm³/mol. The molecule has 5 nitrogen and oxygen atoms in total. The molecule has 32 heavy (non-hydrogen) atoms. The maximum absolute atomic E-state index is 13.1. The number of hydrogen-bond donors (Lipinski definition) is 2. The SMILES string of the molecule is C=C(/N=C(C(=O)OC)\C(Cl)=C(/N)NC1(/C=C/c2cc(C)cc(C(F)(F)F)c2)CC1)C1CC1. The molecule has 2 aliphatic rings. The molecule has 0 unspecified atom stereocenters. The smallest absolute Gasteiger partial charge is 0.416 e. The Morgan fingerprint density at radius 3 is 2.53 bits per heavy atom. The van der Waals surface area contributed by atoms with Gasteiger partial charge in [0.2, 0.25) is 0 Å². The fraction of sp³-hybridized carbons (Fsp3) is 0.391. The molecule has 2 aliphatic carbocycles. The van der Waals surface area contributed by atoms with Crippen LogP contribution in [0.25, 0.3) is 6.08 Å². The van der Waals surface area contributed by atoms with Crippen molar-refractivity contribution < 1.29 is 22.7 Å². The average molecular weight is 468 g/mol. The van der Waals surface area contributed by atoms with Crippen LogP contribution < -0.4 is 11.1 Å². The van der Waals surface area contributed by atoms with E-state index >= 15 is 0 Å². The highest BCUT2D eigenvalue weighted by Gasteiger charge is 2.41. The summed E-state index contributed by atoms with van der Waals surface area (Å²) < 4.78 is 44.0. The van der Waals surface area contributed by atoms with Crippen LogP contribution in [0, 0.1) is 12.8 Å². The summed E-state index contributed by atoms with van der Waals surface area (Å²) in [5, 5.41) is 2.98. The third-order valence-corrected chi connectivity index (χ3v) is 5.70. The molecule has 2 saturated carbocycles. The van der Waals surface area contributed by atoms with Crippen molar-refractivity contribution in [2.45, 2.75) is 44.3 Å². The zero-order valence-electron chi connectivity index (χ0n) is 17.9. The average Bonchev–Trinajstić information content (AvgIpc) is 3.64. The number of rotatable bonds is 8. The van der Waals surface area contributed by atoms with Gasteiger partial charge in [-0.1, -0.05) is 36.4 Å². The predicted octanol–water partition coefficient (Wildman–Crippen LogP) is 5.05. The first-order valence-electron chi connectivity index (χ1n) is 10.1. The van der Waals surface area contributed by atoms with Gasteiger partial charge in [0.15, 0.2) is 5.71 Å². The van der Waals surface area contributed by atoms with E-state index in [1.165, 1.54) is 7.11 Å². The van der Waals surface area contributed by atoms with Gasteiger partial charge in [0.05, 0.1) is 18.2 Å². The van der Waals surface area contributed by atoms with Crippen LogP contribution in [0.1, 0.15) is 42.4 Å². The Labute approximate surface area is 189 Å². The lowest BCUT2D eigenvalue weighted by Crippen LogP contribution is -2.35. The van der Waals surface area contributed by atoms with Crippen LogP contribution in [0.2, 0.25) is 0 Å². The molecule has 2 fully saturated rings. The van der Waals surface area contributed by atoms with Gasteiger partial charge in [-0.25, -0.2) is 9.79 Å². The maximum atomic E-state index is 13.1. The second-order valence-electron chi connectivity index (χ2n) is 8.19. The molecule has 0 saturated heterocycles. The Hall–Kier alpha value is -2.74. The van der Waals surface area contributed by atoms with Crippen molar-refractivity contribution in [2.75, 3.05) is 7.11 Å². The molecular formula is C23H25ClF3N3O2. The number of esters is 1. The second kappa shape index (κ2) is 9.02. The number of ether oxygens (including phenoxy) is 1. The summed E-state index contributed by atoms with van der Waals surface area (Å²) in [5.41, 5.74) is 6.18. The topological polar surface area (TPSA) is 76.7 Å². The maximum Gasteiger partial charge on any atom is 0.416 e. The largest absolute Gasteiger partial charge is 0.464 e. The Morgan fingerprint density at radius 2 is 2.00 bits per heavy atom. The molecule has 9 heteroatoms. The number of hydrogen-bond acceptors (Lipinski definition) is 5. The van der Waals surface area contributed by atoms with Crippen LogP contribution in [0.5, 0.6) is 0 Å². The van der Waals surface area contributed by atoms with Crippen LogP contribution in [-0.2, 0) is 15.7 Å². The van der Waals surface area contributed by atoms with Crippen LogP contribution in [0.15, 0.2) is 52.4 Å². The molecular weight excluding hydrogens is 443 g/mol. The minimum Gasteiger partial charge on any atom is -0.464 e. The minimum atomic E-state index is -4.42. The van der Waals surface area contributed by atoms with Gasteiger partial charge in [0.25, 0.3) is 0 Å². The Balaban J connectivity index is 1.81. The van der Waals surface area contributed by atoms with Crippen molar-refractivity contribution in [3.8, 4) is 0 Å². The number of carbonyl (C=O) groups is 1. The van der Waals surface area contributed by atoms with E-state index in [4.69, 9.17) is 22.1 Å². The zero-order valence-corrected chi connectivity index (χ0v) is 18.6. The summed E-state index contributed by atoms with van der Waals surface area (Å²) in [5.74, 6) is -0.481. The number of nitrogens with zero attached hydrogens (tertiary/aromatic N) is 1. The number of alkyl halides is 3. The molecule has 0 radical (unpaired) electrons. The van der Waals surface area contributed by atoms with Gasteiger partial charge in [0.1, 0.15) is 10.9 Å². The second-order valence-corrected chi connectivity index (χ2v) is 8.57. The van der Waals surface area contributed by atoms with Crippen LogP contribution in [0.4, 0.5) is 13.2 Å². The van der Waals surface area contributed by atoms with E-state index in [2.05, 4.69) is 16.9 Å². The number of methoxy groups -OCH3 is 1. The molecule has 0 heterocycles. The Bertz CT molecular complexity index is 1020. The third kappa shape index (κ3) is 5.94. The fourth-order valence-corrected chi connectivity index (χ4v) is 3.35. The first-order valence-corrected chi connectivity index (χ1v) is 10.5. The van der Waals surface area contributed by atoms with Crippen molar-refractivity contribution >= 4 is 29.4 Å². The summed E-state index contributed by atoms with van der Waals surface area (Å²) in [4.78, 5) is 16.4. The van der Waals surface area contributed by atoms with Crippen molar-refractivity contribution in [3.63, 3.8) is 0 Å². The lowest BCUT2D eigenvalue weighted by molar-refractivity contribution is -0.137. The molecule has 0 atom stereocenters. The zero-order chi connectivity index (χ0) is 23.7. The Morgan fingerprint density at radius 1 is 1.34 bits per heavy atom. The third-order valence-electron chi connectivity index (χ3n) is 5.32. The molecule has 3 N–H and O–H groups in total. The number of nitrogens with two attached hydrogens (primary N) is 1. The van der Waals surface area contributed by atoms with E-state index in [1.54, 1.807) is 25.1 Å². The summed E-state index contributed by atoms with van der Waals surface area (Å²) >= 11 is 6.35. The van der Waals surface area contributed by atoms with Crippen molar-refractivity contribution in [2.24, 2.45) is 16.6 Å². The van der Waals surface area contributed by atoms with Gasteiger partial charge in [0, 0.05) is 11.6 Å². The number of halogens is 4. The van der Waals surface area contributed by atoms with Gasteiger partial charge in [-0.05, 0) is 55.9 Å². The quantitative estimate of drug-likeness (QED) is 0.414. The minimum absolute atomic E-state index is 0.0294. The summed E-state index contributed by atoms with van der Waals surface area (Å²) in [6.45, 7) is 5.48. The summed E-state index contributed by atoms with van der Waals surface area (Å²) in [7, 11) is 1.22. The number of benzene rings is 1. The van der Waals surface area contributed by atoms with Gasteiger partial charge >= 0.3 is 12.1 Å². The highest BCUT2D eigenvalue weighted by molar-refractivity contribution is 6.58. The normalized spacial score (nSPS) is 18.9. The molecule has 3 rings (SSSR count). The highest BCUT2D eigenvalue weighted by atomic mass is 35.5. The van der Waals surface area contributed by atoms with Crippen molar-refractivity contribution in [1.29, 1.82) is 0 Å². The van der Waals surface area contributed by atoms with E-state index in [0.29, 0.717) is 29.7 Å². The first-order chi connectivity index (χ1) is 14.9. The van der Waals surface area contributed by atoms with Crippen LogP contribution >= 0.6 is 11.6 Å². The molecule has 1 aromatic carbocycles. The van der Waals surface area contributed by atoms with Gasteiger partial charge in [-0.15, -0.1) is 0 Å². The first kappa shape index (κ1) is 23.9. The molecule has 0 spiro atoms.